The van der Waals surface area contributed by atoms with Gasteiger partial charge in [-0.25, -0.2) is 0 Å². The van der Waals surface area contributed by atoms with Crippen molar-refractivity contribution in [3.8, 4) is 0 Å². The minimum absolute atomic E-state index is 0.0169. The highest BCUT2D eigenvalue weighted by atomic mass is 79.9. The lowest BCUT2D eigenvalue weighted by Gasteiger charge is -2.10. The van der Waals surface area contributed by atoms with Gasteiger partial charge in [-0.2, -0.15) is 0 Å². The third kappa shape index (κ3) is 3.91. The number of aryl methyl sites for hydroxylation is 1. The lowest BCUT2D eigenvalue weighted by molar-refractivity contribution is 0.0953. The van der Waals surface area contributed by atoms with Crippen LogP contribution in [0.2, 0.25) is 0 Å². The molecule has 0 heterocycles. The smallest absolute Gasteiger partial charge is 0.251 e. The zero-order chi connectivity index (χ0) is 12.1. The van der Waals surface area contributed by atoms with Gasteiger partial charge in [0.05, 0.1) is 0 Å². The van der Waals surface area contributed by atoms with Crippen molar-refractivity contribution in [3.05, 3.63) is 33.8 Å². The first-order valence-electron chi connectivity index (χ1n) is 5.23. The number of nitrogens with one attached hydrogen (secondary N) is 1. The van der Waals surface area contributed by atoms with Crippen molar-refractivity contribution in [3.63, 3.8) is 0 Å². The molecule has 0 aromatic heterocycles. The van der Waals surface area contributed by atoms with Gasteiger partial charge >= 0.3 is 0 Å². The van der Waals surface area contributed by atoms with Crippen LogP contribution in [0.1, 0.15) is 29.3 Å². The molecular weight excluding hydrogens is 334 g/mol. The van der Waals surface area contributed by atoms with Crippen molar-refractivity contribution in [2.45, 2.75) is 25.1 Å². The molecule has 1 amide bonds. The van der Waals surface area contributed by atoms with E-state index in [-0.39, 0.29) is 5.91 Å². The van der Waals surface area contributed by atoms with Crippen molar-refractivity contribution >= 4 is 37.8 Å². The molecule has 2 nitrogen and oxygen atoms in total. The van der Waals surface area contributed by atoms with Crippen LogP contribution in [0.5, 0.6) is 0 Å². The van der Waals surface area contributed by atoms with Crippen LogP contribution in [0.3, 0.4) is 0 Å². The third-order valence-corrected chi connectivity index (χ3v) is 3.84. The normalized spacial score (nSPS) is 12.2. The highest BCUT2D eigenvalue weighted by Gasteiger charge is 2.10. The van der Waals surface area contributed by atoms with E-state index in [1.807, 2.05) is 25.1 Å². The van der Waals surface area contributed by atoms with Gasteiger partial charge in [0.25, 0.3) is 5.91 Å². The summed E-state index contributed by atoms with van der Waals surface area (Å²) in [5, 5.41) is 2.91. The monoisotopic (exact) mass is 347 g/mol. The predicted octanol–water partition coefficient (Wildman–Crippen LogP) is 3.66. The van der Waals surface area contributed by atoms with Crippen LogP contribution in [-0.4, -0.2) is 17.3 Å². The Bertz CT molecular complexity index is 379. The summed E-state index contributed by atoms with van der Waals surface area (Å²) in [6.07, 6.45) is 0.998. The van der Waals surface area contributed by atoms with Gasteiger partial charge < -0.3 is 5.32 Å². The Morgan fingerprint density at radius 1 is 1.50 bits per heavy atom. The Morgan fingerprint density at radius 2 is 2.19 bits per heavy atom. The van der Waals surface area contributed by atoms with Gasteiger partial charge in [-0.1, -0.05) is 44.8 Å². The zero-order valence-corrected chi connectivity index (χ0v) is 12.6. The minimum atomic E-state index is -0.0169. The molecular formula is C12H15Br2NO. The second-order valence-corrected chi connectivity index (χ2v) is 5.89. The second kappa shape index (κ2) is 6.40. The summed E-state index contributed by atoms with van der Waals surface area (Å²) in [5.41, 5.74) is 1.72. The van der Waals surface area contributed by atoms with Crippen molar-refractivity contribution in [1.29, 1.82) is 0 Å². The van der Waals surface area contributed by atoms with Gasteiger partial charge in [0, 0.05) is 21.4 Å². The average molecular weight is 349 g/mol. The van der Waals surface area contributed by atoms with Crippen LogP contribution in [0.4, 0.5) is 0 Å². The molecule has 1 atom stereocenters. The summed E-state index contributed by atoms with van der Waals surface area (Å²) in [5.74, 6) is -0.0169. The molecule has 1 aromatic carbocycles. The van der Waals surface area contributed by atoms with Crippen LogP contribution in [-0.2, 0) is 0 Å². The fourth-order valence-corrected chi connectivity index (χ4v) is 1.80. The van der Waals surface area contributed by atoms with Gasteiger partial charge in [0.2, 0.25) is 0 Å². The highest BCUT2D eigenvalue weighted by molar-refractivity contribution is 9.10. The van der Waals surface area contributed by atoms with Crippen LogP contribution in [0, 0.1) is 6.92 Å². The van der Waals surface area contributed by atoms with Crippen molar-refractivity contribution < 1.29 is 4.79 Å². The van der Waals surface area contributed by atoms with Crippen LogP contribution in [0.15, 0.2) is 22.7 Å². The maximum atomic E-state index is 11.9. The van der Waals surface area contributed by atoms with E-state index in [1.165, 1.54) is 0 Å². The Kier molecular flexibility index (Phi) is 5.49. The Hall–Kier alpha value is -0.350. The van der Waals surface area contributed by atoms with E-state index in [9.17, 15) is 4.79 Å². The summed E-state index contributed by atoms with van der Waals surface area (Å²) in [6.45, 7) is 4.67. The standard InChI is InChI=1S/C12H15Br2NO/c1-3-9(13)7-15-12(16)11-6-10(14)5-4-8(11)2/h4-6,9H,3,7H2,1-2H3,(H,15,16). The molecule has 0 radical (unpaired) electrons. The van der Waals surface area contributed by atoms with Crippen LogP contribution in [0.25, 0.3) is 0 Å². The third-order valence-electron chi connectivity index (χ3n) is 2.37. The Labute approximate surface area is 113 Å². The van der Waals surface area contributed by atoms with E-state index < -0.39 is 0 Å². The summed E-state index contributed by atoms with van der Waals surface area (Å²) in [6, 6.07) is 5.72. The van der Waals surface area contributed by atoms with Gasteiger partial charge in [0.15, 0.2) is 0 Å². The van der Waals surface area contributed by atoms with Crippen molar-refractivity contribution in [2.75, 3.05) is 6.54 Å². The molecule has 1 unspecified atom stereocenters. The number of rotatable bonds is 4. The molecule has 0 aliphatic rings. The predicted molar refractivity (Wildman–Crippen MR) is 74.2 cm³/mol. The summed E-state index contributed by atoms with van der Waals surface area (Å²) >= 11 is 6.86. The van der Waals surface area contributed by atoms with E-state index in [2.05, 4.69) is 44.1 Å². The SMILES string of the molecule is CCC(Br)CNC(=O)c1cc(Br)ccc1C. The van der Waals surface area contributed by atoms with Gasteiger partial charge in [-0.15, -0.1) is 0 Å². The van der Waals surface area contributed by atoms with E-state index >= 15 is 0 Å². The highest BCUT2D eigenvalue weighted by Crippen LogP contribution is 2.16. The minimum Gasteiger partial charge on any atom is -0.351 e. The number of carbonyl (C=O) groups excluding carboxylic acids is 1. The zero-order valence-electron chi connectivity index (χ0n) is 9.39. The second-order valence-electron chi connectivity index (χ2n) is 3.67. The average Bonchev–Trinajstić information content (AvgIpc) is 2.28. The molecule has 4 heteroatoms. The maximum Gasteiger partial charge on any atom is 0.251 e. The first kappa shape index (κ1) is 13.7. The number of alkyl halides is 1. The molecule has 0 bridgehead atoms. The Morgan fingerprint density at radius 3 is 2.81 bits per heavy atom. The topological polar surface area (TPSA) is 29.1 Å². The van der Waals surface area contributed by atoms with Crippen molar-refractivity contribution in [1.82, 2.24) is 5.32 Å². The summed E-state index contributed by atoms with van der Waals surface area (Å²) in [4.78, 5) is 12.2. The summed E-state index contributed by atoms with van der Waals surface area (Å²) < 4.78 is 0.925. The van der Waals surface area contributed by atoms with E-state index in [4.69, 9.17) is 0 Å². The first-order chi connectivity index (χ1) is 7.54. The molecule has 0 saturated heterocycles. The molecule has 1 aromatic rings. The first-order valence-corrected chi connectivity index (χ1v) is 6.94. The molecule has 1 N–H and O–H groups in total. The molecule has 1 rings (SSSR count). The van der Waals surface area contributed by atoms with E-state index in [0.717, 1.165) is 22.0 Å². The molecule has 0 spiro atoms. The van der Waals surface area contributed by atoms with Crippen molar-refractivity contribution in [2.24, 2.45) is 0 Å². The quantitative estimate of drug-likeness (QED) is 0.826. The summed E-state index contributed by atoms with van der Waals surface area (Å²) in [7, 11) is 0. The van der Waals surface area contributed by atoms with Gasteiger partial charge in [0.1, 0.15) is 0 Å². The number of hydrogen-bond acceptors (Lipinski definition) is 1. The van der Waals surface area contributed by atoms with E-state index in [0.29, 0.717) is 11.4 Å². The van der Waals surface area contributed by atoms with Gasteiger partial charge in [-0.3, -0.25) is 4.79 Å². The van der Waals surface area contributed by atoms with Crippen LogP contribution < -0.4 is 5.32 Å². The number of hydrogen-bond donors (Lipinski definition) is 1. The molecule has 0 saturated carbocycles. The lowest BCUT2D eigenvalue weighted by Crippen LogP contribution is -2.29. The number of halogens is 2. The molecule has 0 fully saturated rings. The Balaban J connectivity index is 2.69. The fraction of sp³-hybridized carbons (Fsp3) is 0.417. The maximum absolute atomic E-state index is 11.9. The fourth-order valence-electron chi connectivity index (χ4n) is 1.28. The molecule has 0 aliphatic carbocycles. The lowest BCUT2D eigenvalue weighted by atomic mass is 10.1. The van der Waals surface area contributed by atoms with Crippen LogP contribution >= 0.6 is 31.9 Å². The molecule has 0 aliphatic heterocycles. The number of amides is 1. The van der Waals surface area contributed by atoms with Gasteiger partial charge in [-0.05, 0) is 31.0 Å². The number of benzene rings is 1. The molecule has 16 heavy (non-hydrogen) atoms. The van der Waals surface area contributed by atoms with E-state index in [1.54, 1.807) is 0 Å². The number of carbonyl (C=O) groups is 1. The largest absolute Gasteiger partial charge is 0.351 e. The molecule has 88 valence electrons.